The van der Waals surface area contributed by atoms with Crippen molar-refractivity contribution >= 4 is 23.5 Å². The predicted octanol–water partition coefficient (Wildman–Crippen LogP) is 2.02. The van der Waals surface area contributed by atoms with Crippen LogP contribution in [0.5, 0.6) is 0 Å². The average molecular weight is 271 g/mol. The summed E-state index contributed by atoms with van der Waals surface area (Å²) in [6.07, 6.45) is 4.22. The molecule has 2 N–H and O–H groups in total. The van der Waals surface area contributed by atoms with Gasteiger partial charge in [0.05, 0.1) is 5.56 Å². The third kappa shape index (κ3) is 3.35. The van der Waals surface area contributed by atoms with Crippen LogP contribution in [0.25, 0.3) is 0 Å². The number of rotatable bonds is 5. The lowest BCUT2D eigenvalue weighted by Crippen LogP contribution is -2.36. The fourth-order valence-corrected chi connectivity index (χ4v) is 2.07. The van der Waals surface area contributed by atoms with Crippen LogP contribution in [0, 0.1) is 5.82 Å². The molecule has 18 heavy (non-hydrogen) atoms. The highest BCUT2D eigenvalue weighted by Gasteiger charge is 2.21. The largest absolute Gasteiger partial charge is 0.381 e. The molecule has 0 bridgehead atoms. The highest BCUT2D eigenvalue weighted by Crippen LogP contribution is 2.16. The number of carbonyl (C=O) groups excluding carboxylic acids is 1. The number of carbonyl (C=O) groups is 1. The van der Waals surface area contributed by atoms with E-state index in [4.69, 9.17) is 5.73 Å². The molecule has 1 aromatic rings. The van der Waals surface area contributed by atoms with Gasteiger partial charge in [0.2, 0.25) is 0 Å². The molecule has 1 unspecified atom stereocenters. The van der Waals surface area contributed by atoms with E-state index in [0.717, 1.165) is 12.2 Å². The summed E-state index contributed by atoms with van der Waals surface area (Å²) in [4.78, 5) is 17.3. The molecule has 0 aliphatic heterocycles. The maximum Gasteiger partial charge on any atom is 0.257 e. The number of hydrogen-bond acceptors (Lipinski definition) is 4. The Bertz CT molecular complexity index is 428. The number of pyridine rings is 1. The molecule has 0 saturated carbocycles. The molecule has 0 spiro atoms. The lowest BCUT2D eigenvalue weighted by molar-refractivity contribution is 0.0736. The molecular formula is C12H18FN3OS. The van der Waals surface area contributed by atoms with E-state index < -0.39 is 5.82 Å². The smallest absolute Gasteiger partial charge is 0.257 e. The van der Waals surface area contributed by atoms with E-state index in [1.807, 2.05) is 13.2 Å². The molecule has 1 heterocycles. The number of nitrogen functional groups attached to an aromatic ring is 1. The van der Waals surface area contributed by atoms with Crippen LogP contribution >= 0.6 is 11.8 Å². The lowest BCUT2D eigenvalue weighted by atomic mass is 10.1. The molecule has 0 saturated heterocycles. The average Bonchev–Trinajstić information content (AvgIpc) is 2.37. The van der Waals surface area contributed by atoms with Crippen molar-refractivity contribution in [2.45, 2.75) is 19.4 Å². The van der Waals surface area contributed by atoms with Gasteiger partial charge in [0.1, 0.15) is 0 Å². The molecule has 0 radical (unpaired) electrons. The third-order valence-corrected chi connectivity index (χ3v) is 3.51. The zero-order valence-corrected chi connectivity index (χ0v) is 11.6. The lowest BCUT2D eigenvalue weighted by Gasteiger charge is -2.25. The summed E-state index contributed by atoms with van der Waals surface area (Å²) >= 11 is 1.72. The molecular weight excluding hydrogens is 253 g/mol. The summed E-state index contributed by atoms with van der Waals surface area (Å²) in [5, 5.41) is 0. The standard InChI is InChI=1S/C12H18FN3OS/c1-8(5-7-18-3)16(2)12(17)9-4-6-15-11(14)10(9)13/h4,6,8H,5,7H2,1-3H3,(H2,14,15). The van der Waals surface area contributed by atoms with Crippen LogP contribution in [0.4, 0.5) is 10.2 Å². The Morgan fingerprint density at radius 3 is 2.94 bits per heavy atom. The molecule has 1 atom stereocenters. The predicted molar refractivity (Wildman–Crippen MR) is 73.2 cm³/mol. The first-order chi connectivity index (χ1) is 8.49. The summed E-state index contributed by atoms with van der Waals surface area (Å²) in [7, 11) is 1.67. The second-order valence-corrected chi connectivity index (χ2v) is 5.09. The monoisotopic (exact) mass is 271 g/mol. The van der Waals surface area contributed by atoms with Crippen molar-refractivity contribution in [2.75, 3.05) is 24.8 Å². The Kier molecular flexibility index (Phi) is 5.40. The van der Waals surface area contributed by atoms with Crippen molar-refractivity contribution in [3.63, 3.8) is 0 Å². The summed E-state index contributed by atoms with van der Waals surface area (Å²) < 4.78 is 13.7. The SMILES string of the molecule is CSCCC(C)N(C)C(=O)c1ccnc(N)c1F. The first kappa shape index (κ1) is 14.8. The van der Waals surface area contributed by atoms with Gasteiger partial charge < -0.3 is 10.6 Å². The van der Waals surface area contributed by atoms with Crippen LogP contribution in [0.1, 0.15) is 23.7 Å². The first-order valence-corrected chi connectivity index (χ1v) is 7.04. The first-order valence-electron chi connectivity index (χ1n) is 5.65. The Hall–Kier alpha value is -1.30. The van der Waals surface area contributed by atoms with Crippen molar-refractivity contribution in [1.29, 1.82) is 0 Å². The number of anilines is 1. The Labute approximate surface area is 111 Å². The van der Waals surface area contributed by atoms with Crippen molar-refractivity contribution in [1.82, 2.24) is 9.88 Å². The molecule has 4 nitrogen and oxygen atoms in total. The molecule has 0 aliphatic rings. The van der Waals surface area contributed by atoms with Crippen LogP contribution in [0.2, 0.25) is 0 Å². The molecule has 0 aliphatic carbocycles. The second-order valence-electron chi connectivity index (χ2n) is 4.10. The fourth-order valence-electron chi connectivity index (χ4n) is 1.50. The van der Waals surface area contributed by atoms with Crippen LogP contribution in [-0.4, -0.2) is 40.9 Å². The number of thioether (sulfide) groups is 1. The fraction of sp³-hybridized carbons (Fsp3) is 0.500. The number of aromatic nitrogens is 1. The van der Waals surface area contributed by atoms with E-state index in [1.54, 1.807) is 18.8 Å². The van der Waals surface area contributed by atoms with Crippen LogP contribution < -0.4 is 5.73 Å². The van der Waals surface area contributed by atoms with Gasteiger partial charge in [-0.15, -0.1) is 0 Å². The van der Waals surface area contributed by atoms with E-state index in [9.17, 15) is 9.18 Å². The molecule has 100 valence electrons. The Morgan fingerprint density at radius 2 is 2.33 bits per heavy atom. The second kappa shape index (κ2) is 6.58. The van der Waals surface area contributed by atoms with Crippen molar-refractivity contribution in [3.8, 4) is 0 Å². The van der Waals surface area contributed by atoms with E-state index >= 15 is 0 Å². The number of amides is 1. The zero-order chi connectivity index (χ0) is 13.7. The van der Waals surface area contributed by atoms with Crippen molar-refractivity contribution in [2.24, 2.45) is 0 Å². The molecule has 6 heteroatoms. The minimum absolute atomic E-state index is 0.0269. The van der Waals surface area contributed by atoms with Crippen LogP contribution in [0.3, 0.4) is 0 Å². The third-order valence-electron chi connectivity index (χ3n) is 2.87. The maximum absolute atomic E-state index is 13.7. The maximum atomic E-state index is 13.7. The molecule has 1 rings (SSSR count). The highest BCUT2D eigenvalue weighted by molar-refractivity contribution is 7.98. The quantitative estimate of drug-likeness (QED) is 0.890. The minimum atomic E-state index is -0.744. The molecule has 1 aromatic heterocycles. The topological polar surface area (TPSA) is 59.2 Å². The Morgan fingerprint density at radius 1 is 1.67 bits per heavy atom. The summed E-state index contributed by atoms with van der Waals surface area (Å²) in [6, 6.07) is 1.41. The normalized spacial score (nSPS) is 12.2. The van der Waals surface area contributed by atoms with Crippen molar-refractivity contribution < 1.29 is 9.18 Å². The summed E-state index contributed by atoms with van der Waals surface area (Å²) in [6.45, 7) is 1.94. The van der Waals surface area contributed by atoms with Gasteiger partial charge in [-0.3, -0.25) is 4.79 Å². The summed E-state index contributed by atoms with van der Waals surface area (Å²) in [5.41, 5.74) is 5.33. The van der Waals surface area contributed by atoms with Gasteiger partial charge in [0.15, 0.2) is 11.6 Å². The van der Waals surface area contributed by atoms with Crippen LogP contribution in [-0.2, 0) is 0 Å². The van der Waals surface area contributed by atoms with E-state index in [1.165, 1.54) is 17.2 Å². The molecule has 1 amide bonds. The van der Waals surface area contributed by atoms with Gasteiger partial charge in [-0.1, -0.05) is 0 Å². The number of halogens is 1. The van der Waals surface area contributed by atoms with Crippen LogP contribution in [0.15, 0.2) is 12.3 Å². The van der Waals surface area contributed by atoms with Gasteiger partial charge in [-0.25, -0.2) is 9.37 Å². The van der Waals surface area contributed by atoms with Gasteiger partial charge in [0.25, 0.3) is 5.91 Å². The Balaban J connectivity index is 2.83. The highest BCUT2D eigenvalue weighted by atomic mass is 32.2. The van der Waals surface area contributed by atoms with Gasteiger partial charge in [0, 0.05) is 19.3 Å². The molecule has 0 fully saturated rings. The van der Waals surface area contributed by atoms with E-state index in [0.29, 0.717) is 0 Å². The molecule has 0 aromatic carbocycles. The van der Waals surface area contributed by atoms with E-state index in [-0.39, 0.29) is 23.3 Å². The van der Waals surface area contributed by atoms with Gasteiger partial charge >= 0.3 is 0 Å². The number of nitrogens with two attached hydrogens (primary N) is 1. The van der Waals surface area contributed by atoms with Gasteiger partial charge in [-0.2, -0.15) is 11.8 Å². The van der Waals surface area contributed by atoms with Crippen molar-refractivity contribution in [3.05, 3.63) is 23.6 Å². The van der Waals surface area contributed by atoms with Gasteiger partial charge in [-0.05, 0) is 31.4 Å². The number of nitrogens with zero attached hydrogens (tertiary/aromatic N) is 2. The minimum Gasteiger partial charge on any atom is -0.381 e. The van der Waals surface area contributed by atoms with E-state index in [2.05, 4.69) is 4.98 Å². The summed E-state index contributed by atoms with van der Waals surface area (Å²) in [5.74, 6) is -0.396. The zero-order valence-electron chi connectivity index (χ0n) is 10.8. The number of hydrogen-bond donors (Lipinski definition) is 1.